The molecule has 27 heavy (non-hydrogen) atoms. The molecule has 4 rings (SSSR count). The van der Waals surface area contributed by atoms with Crippen LogP contribution in [0.2, 0.25) is 5.02 Å². The standard InChI is InChI=1S/C20H17ClN2O4/c1-27-20(24)15-7-3-6-13-12-4-2-5-14(12)19(22-18(13)15)16-10-11(23(25)26)8-9-17(16)21/h2-4,6-10,12,14,19,22H,5H2,1H3. The van der Waals surface area contributed by atoms with Gasteiger partial charge in [0.15, 0.2) is 0 Å². The van der Waals surface area contributed by atoms with Crippen LogP contribution in [0.3, 0.4) is 0 Å². The number of nitro benzene ring substituents is 1. The number of nitro groups is 1. The zero-order valence-corrected chi connectivity index (χ0v) is 15.3. The molecule has 1 heterocycles. The van der Waals surface area contributed by atoms with E-state index in [0.29, 0.717) is 21.8 Å². The molecule has 0 amide bonds. The number of carbonyl (C=O) groups is 1. The number of hydrogen-bond acceptors (Lipinski definition) is 5. The molecule has 7 heteroatoms. The first-order valence-corrected chi connectivity index (χ1v) is 8.97. The summed E-state index contributed by atoms with van der Waals surface area (Å²) in [6.07, 6.45) is 5.06. The lowest BCUT2D eigenvalue weighted by atomic mass is 9.76. The summed E-state index contributed by atoms with van der Waals surface area (Å²) in [5.74, 6) is -0.167. The Morgan fingerprint density at radius 1 is 1.30 bits per heavy atom. The Labute approximate surface area is 160 Å². The second-order valence-electron chi connectivity index (χ2n) is 6.70. The molecule has 0 spiro atoms. The van der Waals surface area contributed by atoms with Crippen molar-refractivity contribution in [2.24, 2.45) is 5.92 Å². The normalized spacial score (nSPS) is 22.5. The maximum Gasteiger partial charge on any atom is 0.339 e. The van der Waals surface area contributed by atoms with E-state index >= 15 is 0 Å². The molecule has 2 aromatic carbocycles. The summed E-state index contributed by atoms with van der Waals surface area (Å²) in [5, 5.41) is 15.1. The van der Waals surface area contributed by atoms with Gasteiger partial charge in [0.05, 0.1) is 29.3 Å². The van der Waals surface area contributed by atoms with E-state index in [2.05, 4.69) is 17.5 Å². The molecule has 1 aliphatic heterocycles. The van der Waals surface area contributed by atoms with E-state index in [4.69, 9.17) is 16.3 Å². The Bertz CT molecular complexity index is 972. The maximum atomic E-state index is 12.2. The van der Waals surface area contributed by atoms with Crippen LogP contribution in [0.25, 0.3) is 0 Å². The fourth-order valence-electron chi connectivity index (χ4n) is 4.09. The summed E-state index contributed by atoms with van der Waals surface area (Å²) in [7, 11) is 1.34. The van der Waals surface area contributed by atoms with Crippen LogP contribution in [-0.4, -0.2) is 18.0 Å². The number of hydrogen-bond donors (Lipinski definition) is 1. The lowest BCUT2D eigenvalue weighted by Crippen LogP contribution is -2.30. The van der Waals surface area contributed by atoms with Gasteiger partial charge in [-0.05, 0) is 30.0 Å². The van der Waals surface area contributed by atoms with E-state index in [1.165, 1.54) is 19.2 Å². The Hall–Kier alpha value is -2.86. The lowest BCUT2D eigenvalue weighted by molar-refractivity contribution is -0.384. The third-order valence-corrected chi connectivity index (χ3v) is 5.67. The quantitative estimate of drug-likeness (QED) is 0.353. The Morgan fingerprint density at radius 2 is 2.11 bits per heavy atom. The largest absolute Gasteiger partial charge is 0.465 e. The number of carbonyl (C=O) groups excluding carboxylic acids is 1. The number of fused-ring (bicyclic) bond motifs is 3. The molecule has 1 N–H and O–H groups in total. The maximum absolute atomic E-state index is 12.2. The molecular weight excluding hydrogens is 368 g/mol. The number of nitrogens with one attached hydrogen (secondary N) is 1. The minimum atomic E-state index is -0.430. The molecule has 0 saturated carbocycles. The van der Waals surface area contributed by atoms with E-state index in [-0.39, 0.29) is 23.6 Å². The van der Waals surface area contributed by atoms with Crippen LogP contribution in [0, 0.1) is 16.0 Å². The zero-order valence-electron chi connectivity index (χ0n) is 14.5. The third kappa shape index (κ3) is 2.86. The Kier molecular flexibility index (Phi) is 4.36. The SMILES string of the molecule is COC(=O)c1cccc2c1NC(c1cc([N+](=O)[O-])ccc1Cl)C1CC=CC21. The molecule has 2 aromatic rings. The number of anilines is 1. The van der Waals surface area contributed by atoms with Crippen LogP contribution in [-0.2, 0) is 4.74 Å². The number of non-ortho nitro benzene ring substituents is 1. The van der Waals surface area contributed by atoms with E-state index in [1.54, 1.807) is 12.1 Å². The molecule has 3 atom stereocenters. The van der Waals surface area contributed by atoms with Crippen molar-refractivity contribution in [3.63, 3.8) is 0 Å². The van der Waals surface area contributed by atoms with Crippen molar-refractivity contribution in [2.75, 3.05) is 12.4 Å². The van der Waals surface area contributed by atoms with Gasteiger partial charge in [-0.1, -0.05) is 35.9 Å². The molecule has 0 radical (unpaired) electrons. The average molecular weight is 385 g/mol. The third-order valence-electron chi connectivity index (χ3n) is 5.33. The Balaban J connectivity index is 1.85. The van der Waals surface area contributed by atoms with Gasteiger partial charge in [0.2, 0.25) is 0 Å². The monoisotopic (exact) mass is 384 g/mol. The number of rotatable bonds is 3. The summed E-state index contributed by atoms with van der Waals surface area (Å²) in [5.41, 5.74) is 2.82. The van der Waals surface area contributed by atoms with E-state index < -0.39 is 10.9 Å². The first-order valence-electron chi connectivity index (χ1n) is 8.59. The van der Waals surface area contributed by atoms with Crippen molar-refractivity contribution >= 4 is 28.9 Å². The molecule has 0 bridgehead atoms. The summed E-state index contributed by atoms with van der Waals surface area (Å²) in [6.45, 7) is 0. The van der Waals surface area contributed by atoms with E-state index in [1.807, 2.05) is 12.1 Å². The predicted octanol–water partition coefficient (Wildman–Crippen LogP) is 4.86. The van der Waals surface area contributed by atoms with Crippen LogP contribution in [0.1, 0.15) is 39.9 Å². The molecule has 6 nitrogen and oxygen atoms in total. The van der Waals surface area contributed by atoms with Gasteiger partial charge in [0, 0.05) is 28.6 Å². The van der Waals surface area contributed by atoms with Crippen molar-refractivity contribution in [1.82, 2.24) is 0 Å². The highest BCUT2D eigenvalue weighted by Crippen LogP contribution is 2.51. The number of ether oxygens (including phenoxy) is 1. The number of esters is 1. The second kappa shape index (κ2) is 6.70. The van der Waals surface area contributed by atoms with Crippen molar-refractivity contribution in [3.8, 4) is 0 Å². The summed E-state index contributed by atoms with van der Waals surface area (Å²) >= 11 is 6.41. The smallest absolute Gasteiger partial charge is 0.339 e. The average Bonchev–Trinajstić information content (AvgIpc) is 3.16. The molecule has 0 fully saturated rings. The van der Waals surface area contributed by atoms with E-state index in [9.17, 15) is 14.9 Å². The number of nitrogens with zero attached hydrogens (tertiary/aromatic N) is 1. The zero-order chi connectivity index (χ0) is 19.1. The molecular formula is C20H17ClN2O4. The fourth-order valence-corrected chi connectivity index (χ4v) is 4.33. The number of benzene rings is 2. The molecule has 3 unspecified atom stereocenters. The summed E-state index contributed by atoms with van der Waals surface area (Å²) < 4.78 is 4.92. The first-order chi connectivity index (χ1) is 13.0. The highest BCUT2D eigenvalue weighted by molar-refractivity contribution is 6.31. The fraction of sp³-hybridized carbons (Fsp3) is 0.250. The van der Waals surface area contributed by atoms with Gasteiger partial charge in [-0.25, -0.2) is 4.79 Å². The van der Waals surface area contributed by atoms with Gasteiger partial charge >= 0.3 is 5.97 Å². The van der Waals surface area contributed by atoms with Crippen LogP contribution in [0.15, 0.2) is 48.6 Å². The molecule has 2 aliphatic rings. The van der Waals surface area contributed by atoms with Gasteiger partial charge in [0.25, 0.3) is 5.69 Å². The molecule has 138 valence electrons. The van der Waals surface area contributed by atoms with Crippen LogP contribution in [0.5, 0.6) is 0 Å². The lowest BCUT2D eigenvalue weighted by Gasteiger charge is -2.38. The molecule has 0 aromatic heterocycles. The number of allylic oxidation sites excluding steroid dienone is 2. The van der Waals surface area contributed by atoms with Crippen molar-refractivity contribution in [2.45, 2.75) is 18.4 Å². The van der Waals surface area contributed by atoms with Gasteiger partial charge in [-0.3, -0.25) is 10.1 Å². The number of para-hydroxylation sites is 1. The van der Waals surface area contributed by atoms with Crippen molar-refractivity contribution in [3.05, 3.63) is 80.4 Å². The van der Waals surface area contributed by atoms with Crippen molar-refractivity contribution in [1.29, 1.82) is 0 Å². The van der Waals surface area contributed by atoms with Gasteiger partial charge in [0.1, 0.15) is 0 Å². The summed E-state index contributed by atoms with van der Waals surface area (Å²) in [6, 6.07) is 9.76. The van der Waals surface area contributed by atoms with E-state index in [0.717, 1.165) is 12.0 Å². The first kappa shape index (κ1) is 17.5. The van der Waals surface area contributed by atoms with Crippen LogP contribution in [0.4, 0.5) is 11.4 Å². The van der Waals surface area contributed by atoms with Gasteiger partial charge in [-0.15, -0.1) is 0 Å². The summed E-state index contributed by atoms with van der Waals surface area (Å²) in [4.78, 5) is 23.0. The highest BCUT2D eigenvalue weighted by Gasteiger charge is 2.40. The Morgan fingerprint density at radius 3 is 2.85 bits per heavy atom. The van der Waals surface area contributed by atoms with Crippen LogP contribution < -0.4 is 5.32 Å². The topological polar surface area (TPSA) is 81.5 Å². The predicted molar refractivity (Wildman–Crippen MR) is 102 cm³/mol. The minimum absolute atomic E-state index is 0.00856. The van der Waals surface area contributed by atoms with Gasteiger partial charge < -0.3 is 10.1 Å². The minimum Gasteiger partial charge on any atom is -0.465 e. The molecule has 1 aliphatic carbocycles. The number of halogens is 1. The number of methoxy groups -OCH3 is 1. The highest BCUT2D eigenvalue weighted by atomic mass is 35.5. The van der Waals surface area contributed by atoms with Gasteiger partial charge in [-0.2, -0.15) is 0 Å². The van der Waals surface area contributed by atoms with Crippen LogP contribution >= 0.6 is 11.6 Å². The molecule has 0 saturated heterocycles. The second-order valence-corrected chi connectivity index (χ2v) is 7.11. The van der Waals surface area contributed by atoms with Crippen molar-refractivity contribution < 1.29 is 14.5 Å².